The Labute approximate surface area is 112 Å². The number of aliphatic hydroxyl groups is 1. The smallest absolute Gasteiger partial charge is 0.0766 e. The van der Waals surface area contributed by atoms with Gasteiger partial charge in [0.05, 0.1) is 11.2 Å². The van der Waals surface area contributed by atoms with Gasteiger partial charge in [-0.05, 0) is 38.5 Å². The Bertz CT molecular complexity index is 235. The fourth-order valence-corrected chi connectivity index (χ4v) is 2.78. The summed E-state index contributed by atoms with van der Waals surface area (Å²) in [5.41, 5.74) is -0.480. The van der Waals surface area contributed by atoms with E-state index in [-0.39, 0.29) is 5.60 Å². The third kappa shape index (κ3) is 3.94. The minimum Gasteiger partial charge on any atom is -0.389 e. The van der Waals surface area contributed by atoms with Gasteiger partial charge in [-0.1, -0.05) is 27.7 Å². The third-order valence-electron chi connectivity index (χ3n) is 4.82. The first-order chi connectivity index (χ1) is 8.53. The van der Waals surface area contributed by atoms with Crippen LogP contribution in [0.1, 0.15) is 66.2 Å². The molecule has 0 aliphatic carbocycles. The van der Waals surface area contributed by atoms with Crippen LogP contribution in [-0.2, 0) is 4.74 Å². The molecular weight excluding hydrogens is 226 g/mol. The zero-order valence-corrected chi connectivity index (χ0v) is 12.6. The summed E-state index contributed by atoms with van der Waals surface area (Å²) < 4.78 is 5.98. The van der Waals surface area contributed by atoms with Crippen LogP contribution in [0, 0.1) is 0 Å². The molecule has 0 saturated carbocycles. The van der Waals surface area contributed by atoms with Crippen LogP contribution in [0.15, 0.2) is 0 Å². The van der Waals surface area contributed by atoms with E-state index in [2.05, 4.69) is 33.0 Å². The first kappa shape index (κ1) is 15.9. The molecule has 3 nitrogen and oxygen atoms in total. The van der Waals surface area contributed by atoms with E-state index in [0.29, 0.717) is 12.6 Å². The van der Waals surface area contributed by atoms with Crippen molar-refractivity contribution < 1.29 is 9.84 Å². The van der Waals surface area contributed by atoms with Crippen molar-refractivity contribution in [1.29, 1.82) is 0 Å². The molecule has 1 fully saturated rings. The molecule has 0 aromatic carbocycles. The molecule has 0 amide bonds. The van der Waals surface area contributed by atoms with Gasteiger partial charge in [-0.15, -0.1) is 0 Å². The van der Waals surface area contributed by atoms with E-state index in [1.54, 1.807) is 0 Å². The summed E-state index contributed by atoms with van der Waals surface area (Å²) in [7, 11) is 0. The van der Waals surface area contributed by atoms with Crippen LogP contribution < -0.4 is 5.32 Å². The van der Waals surface area contributed by atoms with Crippen LogP contribution in [0.4, 0.5) is 0 Å². The van der Waals surface area contributed by atoms with Gasteiger partial charge < -0.3 is 15.2 Å². The van der Waals surface area contributed by atoms with Gasteiger partial charge in [-0.3, -0.25) is 0 Å². The monoisotopic (exact) mass is 257 g/mol. The highest BCUT2D eigenvalue weighted by Gasteiger charge is 2.35. The highest BCUT2D eigenvalue weighted by atomic mass is 16.5. The maximum absolute atomic E-state index is 10.3. The van der Waals surface area contributed by atoms with Crippen molar-refractivity contribution in [3.05, 3.63) is 0 Å². The van der Waals surface area contributed by atoms with E-state index in [1.807, 2.05) is 0 Å². The second-order valence-corrected chi connectivity index (χ2v) is 5.74. The van der Waals surface area contributed by atoms with Crippen molar-refractivity contribution in [3.8, 4) is 0 Å². The van der Waals surface area contributed by atoms with Crippen molar-refractivity contribution >= 4 is 0 Å². The van der Waals surface area contributed by atoms with Crippen LogP contribution >= 0.6 is 0 Å². The molecule has 1 unspecified atom stereocenters. The summed E-state index contributed by atoms with van der Waals surface area (Å²) >= 11 is 0. The summed E-state index contributed by atoms with van der Waals surface area (Å²) in [5.74, 6) is 0. The average Bonchev–Trinajstić information content (AvgIpc) is 2.45. The Balaban J connectivity index is 2.48. The summed E-state index contributed by atoms with van der Waals surface area (Å²) in [6.45, 7) is 10.1. The highest BCUT2D eigenvalue weighted by molar-refractivity contribution is 4.90. The molecule has 3 heteroatoms. The molecule has 18 heavy (non-hydrogen) atoms. The lowest BCUT2D eigenvalue weighted by atomic mass is 9.85. The second-order valence-electron chi connectivity index (χ2n) is 5.74. The molecule has 2 N–H and O–H groups in total. The maximum atomic E-state index is 10.3. The van der Waals surface area contributed by atoms with Gasteiger partial charge in [-0.2, -0.15) is 0 Å². The number of rotatable bonds is 7. The van der Waals surface area contributed by atoms with Crippen LogP contribution in [0.2, 0.25) is 0 Å². The quantitative estimate of drug-likeness (QED) is 0.737. The van der Waals surface area contributed by atoms with Crippen LogP contribution in [0.5, 0.6) is 0 Å². The van der Waals surface area contributed by atoms with E-state index in [9.17, 15) is 5.11 Å². The van der Waals surface area contributed by atoms with Crippen molar-refractivity contribution in [2.45, 2.75) is 83.5 Å². The molecule has 0 radical (unpaired) electrons. The van der Waals surface area contributed by atoms with Gasteiger partial charge in [0.1, 0.15) is 0 Å². The van der Waals surface area contributed by atoms with Gasteiger partial charge >= 0.3 is 0 Å². The van der Waals surface area contributed by atoms with E-state index in [0.717, 1.165) is 45.1 Å². The average molecular weight is 257 g/mol. The molecule has 1 heterocycles. The summed E-state index contributed by atoms with van der Waals surface area (Å²) in [5, 5.41) is 13.9. The highest BCUT2D eigenvalue weighted by Crippen LogP contribution is 2.31. The predicted octanol–water partition coefficient (Wildman–Crippen LogP) is 2.86. The standard InChI is InChI=1S/C15H31NO2/c1-5-14(17,6-2)12-16-13-9-10-18-15(7-3,8-4)11-13/h13,16-17H,5-12H2,1-4H3. The lowest BCUT2D eigenvalue weighted by Crippen LogP contribution is -2.50. The van der Waals surface area contributed by atoms with Crippen LogP contribution in [0.3, 0.4) is 0 Å². The normalized spacial score (nSPS) is 24.2. The van der Waals surface area contributed by atoms with Crippen molar-refractivity contribution in [2.24, 2.45) is 0 Å². The Morgan fingerprint density at radius 1 is 1.22 bits per heavy atom. The van der Waals surface area contributed by atoms with Crippen LogP contribution in [0.25, 0.3) is 0 Å². The maximum Gasteiger partial charge on any atom is 0.0766 e. The minimum atomic E-state index is -0.542. The number of hydrogen-bond acceptors (Lipinski definition) is 3. The number of nitrogens with one attached hydrogen (secondary N) is 1. The van der Waals surface area contributed by atoms with Crippen molar-refractivity contribution in [1.82, 2.24) is 5.32 Å². The van der Waals surface area contributed by atoms with Crippen LogP contribution in [-0.4, -0.2) is 35.5 Å². The second kappa shape index (κ2) is 6.88. The molecule has 1 saturated heterocycles. The van der Waals surface area contributed by atoms with Gasteiger partial charge in [0.15, 0.2) is 0 Å². The molecular formula is C15H31NO2. The molecule has 108 valence electrons. The largest absolute Gasteiger partial charge is 0.389 e. The van der Waals surface area contributed by atoms with E-state index < -0.39 is 5.60 Å². The molecule has 0 spiro atoms. The lowest BCUT2D eigenvalue weighted by molar-refractivity contribution is -0.0954. The van der Waals surface area contributed by atoms with E-state index in [1.165, 1.54) is 0 Å². The van der Waals surface area contributed by atoms with Crippen molar-refractivity contribution in [3.63, 3.8) is 0 Å². The topological polar surface area (TPSA) is 41.5 Å². The molecule has 1 aliphatic heterocycles. The molecule has 1 aliphatic rings. The Kier molecular flexibility index (Phi) is 6.09. The molecule has 1 atom stereocenters. The van der Waals surface area contributed by atoms with Gasteiger partial charge in [0.25, 0.3) is 0 Å². The Morgan fingerprint density at radius 3 is 2.33 bits per heavy atom. The number of ether oxygens (including phenoxy) is 1. The predicted molar refractivity (Wildman–Crippen MR) is 75.8 cm³/mol. The van der Waals surface area contributed by atoms with Gasteiger partial charge in [0.2, 0.25) is 0 Å². The van der Waals surface area contributed by atoms with Crippen molar-refractivity contribution in [2.75, 3.05) is 13.2 Å². The first-order valence-electron chi connectivity index (χ1n) is 7.62. The van der Waals surface area contributed by atoms with Gasteiger partial charge in [0, 0.05) is 19.2 Å². The van der Waals surface area contributed by atoms with E-state index >= 15 is 0 Å². The molecule has 0 aromatic heterocycles. The summed E-state index contributed by atoms with van der Waals surface area (Å²) in [6, 6.07) is 0.489. The SMILES string of the molecule is CCC(O)(CC)CNC1CCOC(CC)(CC)C1. The minimum absolute atomic E-state index is 0.0620. The fourth-order valence-electron chi connectivity index (χ4n) is 2.78. The van der Waals surface area contributed by atoms with E-state index in [4.69, 9.17) is 4.74 Å². The van der Waals surface area contributed by atoms with Gasteiger partial charge in [-0.25, -0.2) is 0 Å². The molecule has 1 rings (SSSR count). The molecule has 0 bridgehead atoms. The Morgan fingerprint density at radius 2 is 1.83 bits per heavy atom. The molecule has 0 aromatic rings. The zero-order chi connectivity index (χ0) is 13.6. The fraction of sp³-hybridized carbons (Fsp3) is 1.00. The summed E-state index contributed by atoms with van der Waals surface area (Å²) in [4.78, 5) is 0. The first-order valence-corrected chi connectivity index (χ1v) is 7.62. The lowest BCUT2D eigenvalue weighted by Gasteiger charge is -2.41. The Hall–Kier alpha value is -0.120. The zero-order valence-electron chi connectivity index (χ0n) is 12.6. The number of hydrogen-bond donors (Lipinski definition) is 2. The summed E-state index contributed by atoms with van der Waals surface area (Å²) in [6.07, 6.45) is 5.91. The third-order valence-corrected chi connectivity index (χ3v) is 4.82.